The van der Waals surface area contributed by atoms with Gasteiger partial charge in [-0.3, -0.25) is 9.52 Å². The molecule has 0 saturated carbocycles. The Morgan fingerprint density at radius 2 is 1.83 bits per heavy atom. The molecule has 0 fully saturated rings. The maximum atomic E-state index is 12.8. The zero-order valence-corrected chi connectivity index (χ0v) is 17.4. The predicted octanol–water partition coefficient (Wildman–Crippen LogP) is 3.00. The van der Waals surface area contributed by atoms with Crippen molar-refractivity contribution in [1.29, 1.82) is 0 Å². The van der Waals surface area contributed by atoms with Gasteiger partial charge in [0.15, 0.2) is 0 Å². The third kappa shape index (κ3) is 5.20. The molecule has 1 amide bonds. The van der Waals surface area contributed by atoms with Crippen LogP contribution in [0.4, 0.5) is 5.69 Å². The first kappa shape index (κ1) is 20.5. The Kier molecular flexibility index (Phi) is 5.69. The first-order valence-corrected chi connectivity index (χ1v) is 10.7. The van der Waals surface area contributed by atoms with Crippen LogP contribution in [0.3, 0.4) is 0 Å². The summed E-state index contributed by atoms with van der Waals surface area (Å²) >= 11 is 0. The molecule has 3 aromatic rings. The van der Waals surface area contributed by atoms with Gasteiger partial charge in [-0.25, -0.2) is 8.42 Å². The summed E-state index contributed by atoms with van der Waals surface area (Å²) in [6.45, 7) is 3.88. The summed E-state index contributed by atoms with van der Waals surface area (Å²) < 4.78 is 30.7. The standard InChI is InChI=1S/C20H22N4O4S/c1-13-5-8-15(9-6-13)19-21-18(28-22-19)12-24(3)20(25)16-10-7-14(2)17(11-16)23-29(4,26)27/h5-11,23H,12H2,1-4H3. The molecule has 0 saturated heterocycles. The average molecular weight is 414 g/mol. The fraction of sp³-hybridized carbons (Fsp3) is 0.250. The molecule has 0 aliphatic rings. The predicted molar refractivity (Wildman–Crippen MR) is 110 cm³/mol. The van der Waals surface area contributed by atoms with Gasteiger partial charge in [-0.15, -0.1) is 0 Å². The third-order valence-electron chi connectivity index (χ3n) is 4.28. The highest BCUT2D eigenvalue weighted by Crippen LogP contribution is 2.20. The second-order valence-electron chi connectivity index (χ2n) is 6.94. The molecule has 152 valence electrons. The zero-order valence-electron chi connectivity index (χ0n) is 16.6. The molecule has 1 aromatic heterocycles. The first-order valence-electron chi connectivity index (χ1n) is 8.86. The summed E-state index contributed by atoms with van der Waals surface area (Å²) in [5.74, 6) is 0.463. The fourth-order valence-electron chi connectivity index (χ4n) is 2.70. The van der Waals surface area contributed by atoms with E-state index in [-0.39, 0.29) is 12.5 Å². The maximum absolute atomic E-state index is 12.8. The minimum atomic E-state index is -3.45. The number of sulfonamides is 1. The Bertz CT molecular complexity index is 1140. The Morgan fingerprint density at radius 3 is 2.48 bits per heavy atom. The van der Waals surface area contributed by atoms with Crippen molar-refractivity contribution in [3.8, 4) is 11.4 Å². The number of hydrogen-bond donors (Lipinski definition) is 1. The quantitative estimate of drug-likeness (QED) is 0.665. The first-order chi connectivity index (χ1) is 13.6. The summed E-state index contributed by atoms with van der Waals surface area (Å²) in [7, 11) is -1.83. The number of aromatic nitrogens is 2. The van der Waals surface area contributed by atoms with Gasteiger partial charge in [0.25, 0.3) is 5.91 Å². The molecular weight excluding hydrogens is 392 g/mol. The largest absolute Gasteiger partial charge is 0.337 e. The van der Waals surface area contributed by atoms with Crippen molar-refractivity contribution in [2.24, 2.45) is 0 Å². The minimum absolute atomic E-state index is 0.125. The molecule has 0 unspecified atom stereocenters. The number of hydrogen-bond acceptors (Lipinski definition) is 6. The lowest BCUT2D eigenvalue weighted by atomic mass is 10.1. The van der Waals surface area contributed by atoms with E-state index in [0.29, 0.717) is 28.5 Å². The normalized spacial score (nSPS) is 11.3. The van der Waals surface area contributed by atoms with Crippen LogP contribution < -0.4 is 4.72 Å². The Labute approximate surface area is 169 Å². The Balaban J connectivity index is 1.74. The molecule has 0 atom stereocenters. The number of carbonyl (C=O) groups excluding carboxylic acids is 1. The van der Waals surface area contributed by atoms with E-state index in [1.165, 1.54) is 11.0 Å². The summed E-state index contributed by atoms with van der Waals surface area (Å²) in [5, 5.41) is 3.97. The van der Waals surface area contributed by atoms with E-state index >= 15 is 0 Å². The average Bonchev–Trinajstić information content (AvgIpc) is 3.11. The molecule has 8 nitrogen and oxygen atoms in total. The van der Waals surface area contributed by atoms with Crippen molar-refractivity contribution >= 4 is 21.6 Å². The van der Waals surface area contributed by atoms with Crippen LogP contribution in [-0.4, -0.2) is 42.7 Å². The number of rotatable bonds is 6. The monoisotopic (exact) mass is 414 g/mol. The van der Waals surface area contributed by atoms with Crippen molar-refractivity contribution < 1.29 is 17.7 Å². The van der Waals surface area contributed by atoms with Crippen molar-refractivity contribution in [3.05, 3.63) is 65.0 Å². The summed E-state index contributed by atoms with van der Waals surface area (Å²) in [4.78, 5) is 18.5. The summed E-state index contributed by atoms with van der Waals surface area (Å²) in [6, 6.07) is 12.6. The summed E-state index contributed by atoms with van der Waals surface area (Å²) in [6.07, 6.45) is 1.06. The van der Waals surface area contributed by atoms with Gasteiger partial charge in [-0.1, -0.05) is 41.1 Å². The van der Waals surface area contributed by atoms with E-state index in [9.17, 15) is 13.2 Å². The van der Waals surface area contributed by atoms with E-state index in [2.05, 4.69) is 14.9 Å². The highest BCUT2D eigenvalue weighted by Gasteiger charge is 2.18. The van der Waals surface area contributed by atoms with E-state index < -0.39 is 10.0 Å². The second kappa shape index (κ2) is 8.04. The number of amides is 1. The SMILES string of the molecule is Cc1ccc(-c2noc(CN(C)C(=O)c3ccc(C)c(NS(C)(=O)=O)c3)n2)cc1. The number of anilines is 1. The molecule has 9 heteroatoms. The third-order valence-corrected chi connectivity index (χ3v) is 4.87. The van der Waals surface area contributed by atoms with Crippen LogP contribution in [0.1, 0.15) is 27.4 Å². The van der Waals surface area contributed by atoms with E-state index in [1.54, 1.807) is 26.1 Å². The molecule has 1 heterocycles. The molecule has 0 radical (unpaired) electrons. The van der Waals surface area contributed by atoms with Crippen LogP contribution in [0.25, 0.3) is 11.4 Å². The number of nitrogens with one attached hydrogen (secondary N) is 1. The molecule has 0 aliphatic heterocycles. The maximum Gasteiger partial charge on any atom is 0.254 e. The van der Waals surface area contributed by atoms with Gasteiger partial charge < -0.3 is 9.42 Å². The number of carbonyl (C=O) groups is 1. The topological polar surface area (TPSA) is 105 Å². The highest BCUT2D eigenvalue weighted by molar-refractivity contribution is 7.92. The number of benzene rings is 2. The van der Waals surface area contributed by atoms with Crippen LogP contribution in [0, 0.1) is 13.8 Å². The molecule has 29 heavy (non-hydrogen) atoms. The van der Waals surface area contributed by atoms with Gasteiger partial charge in [-0.05, 0) is 31.5 Å². The number of aryl methyl sites for hydroxylation is 2. The van der Waals surface area contributed by atoms with E-state index in [0.717, 1.165) is 17.4 Å². The van der Waals surface area contributed by atoms with Crippen LogP contribution in [0.2, 0.25) is 0 Å². The van der Waals surface area contributed by atoms with Crippen molar-refractivity contribution in [2.75, 3.05) is 18.0 Å². The van der Waals surface area contributed by atoms with E-state index in [1.807, 2.05) is 31.2 Å². The molecule has 2 aromatic carbocycles. The van der Waals surface area contributed by atoms with Gasteiger partial charge in [0.1, 0.15) is 0 Å². The van der Waals surface area contributed by atoms with Crippen molar-refractivity contribution in [3.63, 3.8) is 0 Å². The van der Waals surface area contributed by atoms with Gasteiger partial charge in [0.05, 0.1) is 18.5 Å². The fourth-order valence-corrected chi connectivity index (χ4v) is 3.32. The Hall–Kier alpha value is -3.20. The van der Waals surface area contributed by atoms with Gasteiger partial charge in [-0.2, -0.15) is 4.98 Å². The van der Waals surface area contributed by atoms with Gasteiger partial charge in [0, 0.05) is 18.2 Å². The molecule has 3 rings (SSSR count). The number of nitrogens with zero attached hydrogens (tertiary/aromatic N) is 3. The zero-order chi connectivity index (χ0) is 21.2. The van der Waals surface area contributed by atoms with Crippen LogP contribution in [0.5, 0.6) is 0 Å². The molecule has 0 aliphatic carbocycles. The smallest absolute Gasteiger partial charge is 0.254 e. The van der Waals surface area contributed by atoms with Crippen LogP contribution in [-0.2, 0) is 16.6 Å². The molecule has 0 bridgehead atoms. The molecular formula is C20H22N4O4S. The van der Waals surface area contributed by atoms with Crippen molar-refractivity contribution in [1.82, 2.24) is 15.0 Å². The van der Waals surface area contributed by atoms with Gasteiger partial charge >= 0.3 is 0 Å². The highest BCUT2D eigenvalue weighted by atomic mass is 32.2. The van der Waals surface area contributed by atoms with Crippen LogP contribution >= 0.6 is 0 Å². The van der Waals surface area contributed by atoms with Gasteiger partial charge in [0.2, 0.25) is 21.7 Å². The van der Waals surface area contributed by atoms with Crippen LogP contribution in [0.15, 0.2) is 47.0 Å². The summed E-state index contributed by atoms with van der Waals surface area (Å²) in [5.41, 5.74) is 3.39. The minimum Gasteiger partial charge on any atom is -0.337 e. The second-order valence-corrected chi connectivity index (χ2v) is 8.69. The Morgan fingerprint density at radius 1 is 1.14 bits per heavy atom. The lowest BCUT2D eigenvalue weighted by Gasteiger charge is -2.16. The lowest BCUT2D eigenvalue weighted by molar-refractivity contribution is 0.0769. The molecule has 1 N–H and O–H groups in total. The van der Waals surface area contributed by atoms with E-state index in [4.69, 9.17) is 4.52 Å². The lowest BCUT2D eigenvalue weighted by Crippen LogP contribution is -2.26. The van der Waals surface area contributed by atoms with Crippen molar-refractivity contribution in [2.45, 2.75) is 20.4 Å². The molecule has 0 spiro atoms.